The average Bonchev–Trinajstić information content (AvgIpc) is 2.76. The lowest BCUT2D eigenvalue weighted by atomic mass is 10.1. The minimum absolute atomic E-state index is 0.208. The Morgan fingerprint density at radius 3 is 2.14 bits per heavy atom. The van der Waals surface area contributed by atoms with Gasteiger partial charge in [-0.05, 0) is 6.26 Å². The fourth-order valence-corrected chi connectivity index (χ4v) is 2.72. The molecule has 142 valence electrons. The van der Waals surface area contributed by atoms with Crippen LogP contribution in [0, 0.1) is 0 Å². The van der Waals surface area contributed by atoms with Gasteiger partial charge in [0.2, 0.25) is 0 Å². The van der Waals surface area contributed by atoms with Gasteiger partial charge in [-0.1, -0.05) is 72.4 Å². The molecule has 1 unspecified atom stereocenters. The van der Waals surface area contributed by atoms with Gasteiger partial charge in [0, 0.05) is 11.1 Å². The fraction of sp³-hybridized carbons (Fsp3) is 0.105. The molecule has 0 saturated heterocycles. The molecule has 2 heterocycles. The zero-order valence-corrected chi connectivity index (χ0v) is 16.7. The standard InChI is InChI=1S/C10H9N3OS.C9H9N3S/c1-15-10-11-9(14)8(12-13-10)7-5-3-2-4-6-7;13-9-10-6-8(11-12-9)7-4-2-1-3-5-7/h2-6H,1H3,(H,11,13,14);1-6,9,12-13H. The lowest BCUT2D eigenvalue weighted by Crippen LogP contribution is -2.24. The maximum absolute atomic E-state index is 11.6. The first-order valence-corrected chi connectivity index (χ1v) is 10.1. The van der Waals surface area contributed by atoms with Gasteiger partial charge in [-0.25, -0.2) is 0 Å². The van der Waals surface area contributed by atoms with E-state index in [1.54, 1.807) is 6.21 Å². The smallest absolute Gasteiger partial charge is 0.278 e. The molecule has 3 aromatic rings. The number of nitrogens with zero attached hydrogens (tertiary/aromatic N) is 4. The van der Waals surface area contributed by atoms with Crippen molar-refractivity contribution in [3.8, 4) is 11.3 Å². The quantitative estimate of drug-likeness (QED) is 0.456. The molecule has 0 fully saturated rings. The molecular formula is C19H18N6OS2. The third-order valence-corrected chi connectivity index (χ3v) is 4.44. The van der Waals surface area contributed by atoms with Crippen LogP contribution in [-0.2, 0) is 0 Å². The van der Waals surface area contributed by atoms with Crippen molar-refractivity contribution in [3.05, 3.63) is 76.6 Å². The summed E-state index contributed by atoms with van der Waals surface area (Å²) in [5, 5.41) is 12.4. The van der Waals surface area contributed by atoms with Crippen molar-refractivity contribution >= 4 is 36.3 Å². The SMILES string of the molecule is CSc1nnc(-c2ccccc2)c(=O)[nH]1.SC1N=CC(c2ccccc2)=NN1. The van der Waals surface area contributed by atoms with Crippen LogP contribution in [-0.4, -0.2) is 38.9 Å². The predicted molar refractivity (Wildman–Crippen MR) is 117 cm³/mol. The molecule has 4 rings (SSSR count). The summed E-state index contributed by atoms with van der Waals surface area (Å²) in [5.41, 5.74) is 5.39. The molecule has 0 amide bonds. The van der Waals surface area contributed by atoms with E-state index < -0.39 is 0 Å². The third kappa shape index (κ3) is 5.30. The van der Waals surface area contributed by atoms with Crippen LogP contribution in [0.15, 0.2) is 80.7 Å². The fourth-order valence-electron chi connectivity index (χ4n) is 2.28. The monoisotopic (exact) mass is 410 g/mol. The van der Waals surface area contributed by atoms with Crippen molar-refractivity contribution < 1.29 is 0 Å². The van der Waals surface area contributed by atoms with Crippen molar-refractivity contribution in [2.24, 2.45) is 10.1 Å². The van der Waals surface area contributed by atoms with E-state index >= 15 is 0 Å². The van der Waals surface area contributed by atoms with E-state index in [9.17, 15) is 4.79 Å². The van der Waals surface area contributed by atoms with Gasteiger partial charge in [0.05, 0.1) is 6.21 Å². The molecule has 0 saturated carbocycles. The molecule has 9 heteroatoms. The predicted octanol–water partition coefficient (Wildman–Crippen LogP) is 2.83. The van der Waals surface area contributed by atoms with E-state index in [1.165, 1.54) is 11.8 Å². The van der Waals surface area contributed by atoms with Crippen molar-refractivity contribution in [2.45, 2.75) is 10.7 Å². The van der Waals surface area contributed by atoms with Crippen LogP contribution in [0.5, 0.6) is 0 Å². The number of hydrogen-bond donors (Lipinski definition) is 3. The Balaban J connectivity index is 0.000000162. The number of hydrogen-bond acceptors (Lipinski definition) is 8. The number of thioether (sulfide) groups is 1. The summed E-state index contributed by atoms with van der Waals surface area (Å²) in [6.45, 7) is 0. The van der Waals surface area contributed by atoms with E-state index in [0.717, 1.165) is 16.8 Å². The molecule has 7 nitrogen and oxygen atoms in total. The van der Waals surface area contributed by atoms with Crippen LogP contribution < -0.4 is 11.0 Å². The Morgan fingerprint density at radius 2 is 1.61 bits per heavy atom. The molecular weight excluding hydrogens is 392 g/mol. The summed E-state index contributed by atoms with van der Waals surface area (Å²) < 4.78 is 0. The van der Waals surface area contributed by atoms with Crippen LogP contribution in [0.3, 0.4) is 0 Å². The average molecular weight is 411 g/mol. The van der Waals surface area contributed by atoms with Crippen LogP contribution in [0.2, 0.25) is 0 Å². The van der Waals surface area contributed by atoms with Gasteiger partial charge in [-0.15, -0.1) is 22.8 Å². The van der Waals surface area contributed by atoms with Crippen molar-refractivity contribution in [1.82, 2.24) is 20.6 Å². The Hall–Kier alpha value is -2.91. The zero-order valence-electron chi connectivity index (χ0n) is 15.0. The van der Waals surface area contributed by atoms with Crippen LogP contribution in [0.25, 0.3) is 11.3 Å². The molecule has 2 aromatic carbocycles. The van der Waals surface area contributed by atoms with E-state index in [1.807, 2.05) is 66.9 Å². The highest BCUT2D eigenvalue weighted by Crippen LogP contribution is 2.11. The van der Waals surface area contributed by atoms with Crippen molar-refractivity contribution in [1.29, 1.82) is 0 Å². The van der Waals surface area contributed by atoms with Gasteiger partial charge in [-0.2, -0.15) is 5.10 Å². The summed E-state index contributed by atoms with van der Waals surface area (Å²) in [6.07, 6.45) is 3.56. The third-order valence-electron chi connectivity index (χ3n) is 3.62. The minimum atomic E-state index is -0.215. The molecule has 1 atom stereocenters. The number of H-pyrrole nitrogens is 1. The highest BCUT2D eigenvalue weighted by molar-refractivity contribution is 7.98. The number of aliphatic imine (C=N–C) groups is 1. The number of benzene rings is 2. The van der Waals surface area contributed by atoms with Gasteiger partial charge in [0.1, 0.15) is 5.71 Å². The van der Waals surface area contributed by atoms with Gasteiger partial charge >= 0.3 is 0 Å². The van der Waals surface area contributed by atoms with Gasteiger partial charge in [0.25, 0.3) is 5.56 Å². The first-order chi connectivity index (χ1) is 13.7. The van der Waals surface area contributed by atoms with E-state index in [4.69, 9.17) is 0 Å². The number of aromatic amines is 1. The first kappa shape index (κ1) is 19.8. The second-order valence-corrected chi connectivity index (χ2v) is 6.81. The molecule has 1 aromatic heterocycles. The van der Waals surface area contributed by atoms with Gasteiger partial charge < -0.3 is 0 Å². The molecule has 0 spiro atoms. The topological polar surface area (TPSA) is 95.4 Å². The van der Waals surface area contributed by atoms with Crippen LogP contribution in [0.4, 0.5) is 0 Å². The molecule has 1 aliphatic rings. The van der Waals surface area contributed by atoms with E-state index in [2.05, 4.69) is 43.3 Å². The Kier molecular flexibility index (Phi) is 6.99. The van der Waals surface area contributed by atoms with Crippen molar-refractivity contribution in [2.75, 3.05) is 6.26 Å². The van der Waals surface area contributed by atoms with Gasteiger partial charge in [-0.3, -0.25) is 20.2 Å². The summed E-state index contributed by atoms with van der Waals surface area (Å²) in [7, 11) is 0. The lowest BCUT2D eigenvalue weighted by molar-refractivity contribution is 0.714. The highest BCUT2D eigenvalue weighted by Gasteiger charge is 2.07. The Morgan fingerprint density at radius 1 is 0.964 bits per heavy atom. The largest absolute Gasteiger partial charge is 0.298 e. The Labute approximate surface area is 171 Å². The van der Waals surface area contributed by atoms with Crippen molar-refractivity contribution in [3.63, 3.8) is 0 Å². The van der Waals surface area contributed by atoms with Gasteiger partial charge in [0.15, 0.2) is 16.3 Å². The van der Waals surface area contributed by atoms with E-state index in [-0.39, 0.29) is 11.1 Å². The molecule has 0 bridgehead atoms. The molecule has 28 heavy (non-hydrogen) atoms. The van der Waals surface area contributed by atoms with E-state index in [0.29, 0.717) is 10.9 Å². The number of rotatable bonds is 3. The van der Waals surface area contributed by atoms with Crippen LogP contribution in [0.1, 0.15) is 5.56 Å². The summed E-state index contributed by atoms with van der Waals surface area (Å²) in [5.74, 6) is 0. The number of nitrogens with one attached hydrogen (secondary N) is 2. The van der Waals surface area contributed by atoms with Crippen LogP contribution >= 0.6 is 24.4 Å². The molecule has 1 aliphatic heterocycles. The lowest BCUT2D eigenvalue weighted by Gasteiger charge is -2.11. The zero-order chi connectivity index (χ0) is 19.8. The number of aromatic nitrogens is 3. The summed E-state index contributed by atoms with van der Waals surface area (Å²) in [4.78, 5) is 18.4. The second kappa shape index (κ2) is 9.86. The summed E-state index contributed by atoms with van der Waals surface area (Å²) >= 11 is 5.46. The minimum Gasteiger partial charge on any atom is -0.298 e. The maximum atomic E-state index is 11.6. The molecule has 0 aliphatic carbocycles. The molecule has 0 radical (unpaired) electrons. The highest BCUT2D eigenvalue weighted by atomic mass is 32.2. The molecule has 2 N–H and O–H groups in total. The second-order valence-electron chi connectivity index (χ2n) is 5.52. The maximum Gasteiger partial charge on any atom is 0.278 e. The first-order valence-electron chi connectivity index (χ1n) is 8.33. The summed E-state index contributed by atoms with van der Waals surface area (Å²) in [6, 6.07) is 19.2. The normalized spacial score (nSPS) is 15.1. The number of hydrazone groups is 1. The Bertz CT molecular complexity index is 1020. The number of thiol groups is 1.